The predicted molar refractivity (Wildman–Crippen MR) is 26.9 cm³/mol. The first-order valence-corrected chi connectivity index (χ1v) is 3.23. The fourth-order valence-corrected chi connectivity index (χ4v) is 2.24. The van der Waals surface area contributed by atoms with E-state index in [9.17, 15) is 0 Å². The van der Waals surface area contributed by atoms with Crippen molar-refractivity contribution in [2.75, 3.05) is 0 Å². The first-order valence-electron chi connectivity index (χ1n) is 3.23. The van der Waals surface area contributed by atoms with Crippen LogP contribution in [0.2, 0.25) is 0 Å². The summed E-state index contributed by atoms with van der Waals surface area (Å²) in [5.41, 5.74) is 0. The highest BCUT2D eigenvalue weighted by Crippen LogP contribution is 2.57. The zero-order valence-corrected chi connectivity index (χ0v) is 4.22. The zero-order valence-electron chi connectivity index (χ0n) is 4.22. The fourth-order valence-electron chi connectivity index (χ4n) is 2.24. The van der Waals surface area contributed by atoms with E-state index in [0.29, 0.717) is 0 Å². The third-order valence-corrected chi connectivity index (χ3v) is 2.97. The van der Waals surface area contributed by atoms with Gasteiger partial charge in [0.15, 0.2) is 0 Å². The molecule has 1 heterocycles. The van der Waals surface area contributed by atoms with Crippen molar-refractivity contribution in [3.8, 4) is 0 Å². The highest BCUT2D eigenvalue weighted by Gasteiger charge is 2.64. The van der Waals surface area contributed by atoms with Gasteiger partial charge in [-0.2, -0.15) is 0 Å². The molecule has 4 unspecified atom stereocenters. The molecule has 0 aromatic heterocycles. The summed E-state index contributed by atoms with van der Waals surface area (Å²) in [6.45, 7) is 0. The molecule has 2 saturated carbocycles. The van der Waals surface area contributed by atoms with E-state index in [0.717, 1.165) is 23.9 Å². The fraction of sp³-hybridized carbons (Fsp3) is 1.00. The molecule has 0 spiro atoms. The average Bonchev–Trinajstić information content (AvgIpc) is 2.14. The van der Waals surface area contributed by atoms with Crippen LogP contribution in [0.3, 0.4) is 0 Å². The number of hydrogen-bond acceptors (Lipinski definition) is 1. The summed E-state index contributed by atoms with van der Waals surface area (Å²) < 4.78 is 0. The highest BCUT2D eigenvalue weighted by atomic mass is 15.2. The second-order valence-corrected chi connectivity index (χ2v) is 3.12. The minimum absolute atomic E-state index is 1.01. The Hall–Kier alpha value is -0.0400. The molecule has 0 aromatic carbocycles. The third-order valence-electron chi connectivity index (χ3n) is 2.97. The SMILES string of the molecule is C1CC2C1C1NC21. The maximum Gasteiger partial charge on any atom is 0.0258 e. The minimum Gasteiger partial charge on any atom is -0.308 e. The smallest absolute Gasteiger partial charge is 0.0258 e. The van der Waals surface area contributed by atoms with Crippen LogP contribution in [0.5, 0.6) is 0 Å². The van der Waals surface area contributed by atoms with E-state index in [1.807, 2.05) is 0 Å². The molecule has 7 heavy (non-hydrogen) atoms. The van der Waals surface area contributed by atoms with Crippen molar-refractivity contribution in [3.63, 3.8) is 0 Å². The van der Waals surface area contributed by atoms with Gasteiger partial charge in [0.25, 0.3) is 0 Å². The number of hydrogen-bond donors (Lipinski definition) is 1. The molecule has 1 N–H and O–H groups in total. The zero-order chi connectivity index (χ0) is 4.43. The molecule has 0 aromatic rings. The van der Waals surface area contributed by atoms with Gasteiger partial charge in [0.2, 0.25) is 0 Å². The van der Waals surface area contributed by atoms with Gasteiger partial charge in [0.1, 0.15) is 0 Å². The first-order chi connectivity index (χ1) is 3.47. The van der Waals surface area contributed by atoms with Crippen LogP contribution in [-0.2, 0) is 0 Å². The minimum atomic E-state index is 1.01. The largest absolute Gasteiger partial charge is 0.308 e. The van der Waals surface area contributed by atoms with E-state index >= 15 is 0 Å². The molecule has 1 saturated heterocycles. The summed E-state index contributed by atoms with van der Waals surface area (Å²) in [5.74, 6) is 2.29. The summed E-state index contributed by atoms with van der Waals surface area (Å²) in [6.07, 6.45) is 3.05. The quantitative estimate of drug-likeness (QED) is 0.431. The Morgan fingerprint density at radius 3 is 1.86 bits per heavy atom. The van der Waals surface area contributed by atoms with Gasteiger partial charge in [-0.1, -0.05) is 0 Å². The summed E-state index contributed by atoms with van der Waals surface area (Å²) in [7, 11) is 0. The lowest BCUT2D eigenvalue weighted by Gasteiger charge is -2.43. The molecule has 0 radical (unpaired) electrons. The van der Waals surface area contributed by atoms with Crippen LogP contribution < -0.4 is 5.32 Å². The van der Waals surface area contributed by atoms with Crippen LogP contribution in [0, 0.1) is 11.8 Å². The highest BCUT2D eigenvalue weighted by molar-refractivity contribution is 5.22. The number of rotatable bonds is 0. The Bertz CT molecular complexity index is 107. The average molecular weight is 95.1 g/mol. The molecule has 4 atom stereocenters. The Morgan fingerprint density at radius 2 is 1.57 bits per heavy atom. The van der Waals surface area contributed by atoms with E-state index in [-0.39, 0.29) is 0 Å². The molecular weight excluding hydrogens is 86.1 g/mol. The Morgan fingerprint density at radius 1 is 1.00 bits per heavy atom. The van der Waals surface area contributed by atoms with Crippen molar-refractivity contribution in [1.82, 2.24) is 5.32 Å². The predicted octanol–water partition coefficient (Wildman–Crippen LogP) is 0.367. The van der Waals surface area contributed by atoms with Crippen molar-refractivity contribution < 1.29 is 0 Å². The van der Waals surface area contributed by atoms with E-state index in [1.54, 1.807) is 0 Å². The van der Waals surface area contributed by atoms with Gasteiger partial charge < -0.3 is 5.32 Å². The maximum absolute atomic E-state index is 3.47. The normalized spacial score (nSPS) is 72.0. The monoisotopic (exact) mass is 95.1 g/mol. The van der Waals surface area contributed by atoms with Crippen LogP contribution in [0.25, 0.3) is 0 Å². The molecule has 3 rings (SSSR count). The van der Waals surface area contributed by atoms with Crippen LogP contribution in [0.15, 0.2) is 0 Å². The molecule has 3 fully saturated rings. The van der Waals surface area contributed by atoms with Crippen LogP contribution in [-0.4, -0.2) is 12.1 Å². The topological polar surface area (TPSA) is 21.9 Å². The van der Waals surface area contributed by atoms with Crippen LogP contribution >= 0.6 is 0 Å². The molecule has 0 bridgehead atoms. The van der Waals surface area contributed by atoms with Gasteiger partial charge in [-0.05, 0) is 24.7 Å². The molecular formula is C6H9N. The molecule has 3 aliphatic rings. The van der Waals surface area contributed by atoms with Gasteiger partial charge in [0.05, 0.1) is 0 Å². The molecule has 0 amide bonds. The van der Waals surface area contributed by atoms with E-state index in [2.05, 4.69) is 5.32 Å². The van der Waals surface area contributed by atoms with Crippen molar-refractivity contribution in [2.45, 2.75) is 24.9 Å². The van der Waals surface area contributed by atoms with Crippen molar-refractivity contribution in [1.29, 1.82) is 0 Å². The van der Waals surface area contributed by atoms with Gasteiger partial charge in [-0.3, -0.25) is 0 Å². The molecule has 1 aliphatic heterocycles. The van der Waals surface area contributed by atoms with Crippen molar-refractivity contribution in [2.24, 2.45) is 11.8 Å². The standard InChI is InChI=1S/C6H9N/c1-2-4-3(1)5-6(4)7-5/h3-7H,1-2H2. The first kappa shape index (κ1) is 3.08. The van der Waals surface area contributed by atoms with E-state index in [4.69, 9.17) is 0 Å². The van der Waals surface area contributed by atoms with Crippen LogP contribution in [0.4, 0.5) is 0 Å². The van der Waals surface area contributed by atoms with E-state index in [1.165, 1.54) is 12.8 Å². The lowest BCUT2D eigenvalue weighted by atomic mass is 9.60. The lowest BCUT2D eigenvalue weighted by Crippen LogP contribution is -2.44. The Kier molecular flexibility index (Phi) is 0.288. The molecule has 2 aliphatic carbocycles. The summed E-state index contributed by atoms with van der Waals surface area (Å²) in [6, 6.07) is 2.03. The third kappa shape index (κ3) is 0.177. The Balaban J connectivity index is 1.98. The van der Waals surface area contributed by atoms with Gasteiger partial charge in [-0.25, -0.2) is 0 Å². The maximum atomic E-state index is 3.47. The van der Waals surface area contributed by atoms with Gasteiger partial charge in [-0.15, -0.1) is 0 Å². The second kappa shape index (κ2) is 0.655. The number of nitrogens with one attached hydrogen (secondary N) is 1. The molecule has 1 nitrogen and oxygen atoms in total. The van der Waals surface area contributed by atoms with Gasteiger partial charge >= 0.3 is 0 Å². The molecule has 1 heteroatoms. The summed E-state index contributed by atoms with van der Waals surface area (Å²) >= 11 is 0. The summed E-state index contributed by atoms with van der Waals surface area (Å²) in [5, 5.41) is 3.47. The van der Waals surface area contributed by atoms with Crippen molar-refractivity contribution in [3.05, 3.63) is 0 Å². The van der Waals surface area contributed by atoms with Crippen molar-refractivity contribution >= 4 is 0 Å². The summed E-state index contributed by atoms with van der Waals surface area (Å²) in [4.78, 5) is 0. The lowest BCUT2D eigenvalue weighted by molar-refractivity contribution is 0.105. The number of fused-ring (bicyclic) bond motifs is 4. The van der Waals surface area contributed by atoms with E-state index < -0.39 is 0 Å². The van der Waals surface area contributed by atoms with Crippen LogP contribution in [0.1, 0.15) is 12.8 Å². The molecule has 38 valence electrons. The van der Waals surface area contributed by atoms with Gasteiger partial charge in [0, 0.05) is 12.1 Å². The second-order valence-electron chi connectivity index (χ2n) is 3.12. The Labute approximate surface area is 43.1 Å².